The number of aliphatic hydroxyl groups is 1. The first-order valence-corrected chi connectivity index (χ1v) is 6.84. The molecule has 0 bridgehead atoms. The Labute approximate surface area is 109 Å². The van der Waals surface area contributed by atoms with Crippen LogP contribution in [-0.2, 0) is 6.54 Å². The highest BCUT2D eigenvalue weighted by atomic mass is 16.3. The minimum absolute atomic E-state index is 0.0924. The molecule has 1 aliphatic carbocycles. The molecule has 0 aromatic heterocycles. The quantitative estimate of drug-likeness (QED) is 0.751. The summed E-state index contributed by atoms with van der Waals surface area (Å²) in [5.41, 5.74) is 1.26. The first kappa shape index (κ1) is 13.4. The molecule has 18 heavy (non-hydrogen) atoms. The summed E-state index contributed by atoms with van der Waals surface area (Å²) in [6, 6.07) is 7.27. The largest absolute Gasteiger partial charge is 0.508 e. The lowest BCUT2D eigenvalue weighted by molar-refractivity contribution is 0.0810. The van der Waals surface area contributed by atoms with Gasteiger partial charge in [0.25, 0.3) is 0 Å². The molecule has 1 aromatic carbocycles. The molecule has 100 valence electrons. The maximum atomic E-state index is 9.60. The molecular formula is C15H23NO2. The van der Waals surface area contributed by atoms with E-state index in [1.807, 2.05) is 12.1 Å². The Hall–Kier alpha value is -1.06. The molecule has 0 spiro atoms. The zero-order valence-electron chi connectivity index (χ0n) is 10.9. The maximum Gasteiger partial charge on any atom is 0.115 e. The molecule has 0 heterocycles. The first-order valence-electron chi connectivity index (χ1n) is 6.84. The van der Waals surface area contributed by atoms with Crippen molar-refractivity contribution in [2.24, 2.45) is 5.41 Å². The second-order valence-corrected chi connectivity index (χ2v) is 5.49. The highest BCUT2D eigenvalue weighted by Gasteiger charge is 2.30. The summed E-state index contributed by atoms with van der Waals surface area (Å²) in [4.78, 5) is 0. The molecule has 3 heteroatoms. The summed E-state index contributed by atoms with van der Waals surface area (Å²) in [7, 11) is 0. The van der Waals surface area contributed by atoms with Gasteiger partial charge in [-0.25, -0.2) is 0 Å². The minimum atomic E-state index is 0.0924. The Morgan fingerprint density at radius 2 is 1.72 bits per heavy atom. The van der Waals surface area contributed by atoms with Crippen molar-refractivity contribution < 1.29 is 10.2 Å². The van der Waals surface area contributed by atoms with Crippen LogP contribution in [0.3, 0.4) is 0 Å². The van der Waals surface area contributed by atoms with E-state index in [0.717, 1.165) is 31.5 Å². The highest BCUT2D eigenvalue weighted by molar-refractivity contribution is 5.25. The summed E-state index contributed by atoms with van der Waals surface area (Å²) in [6.07, 6.45) is 6.04. The molecule has 1 saturated carbocycles. The van der Waals surface area contributed by atoms with Crippen molar-refractivity contribution in [1.29, 1.82) is 0 Å². The van der Waals surface area contributed by atoms with Crippen LogP contribution in [0.1, 0.15) is 37.7 Å². The van der Waals surface area contributed by atoms with Gasteiger partial charge in [0, 0.05) is 25.1 Å². The Morgan fingerprint density at radius 1 is 1.06 bits per heavy atom. The average molecular weight is 249 g/mol. The SMILES string of the molecule is OCC1(CNCc2ccc(O)cc2)CCCCC1. The van der Waals surface area contributed by atoms with Crippen LogP contribution < -0.4 is 5.32 Å². The fourth-order valence-electron chi connectivity index (χ4n) is 2.78. The van der Waals surface area contributed by atoms with E-state index >= 15 is 0 Å². The van der Waals surface area contributed by atoms with E-state index in [1.165, 1.54) is 19.3 Å². The Morgan fingerprint density at radius 3 is 2.33 bits per heavy atom. The van der Waals surface area contributed by atoms with Crippen molar-refractivity contribution in [3.05, 3.63) is 29.8 Å². The number of rotatable bonds is 5. The van der Waals surface area contributed by atoms with Crippen LogP contribution in [0.15, 0.2) is 24.3 Å². The van der Waals surface area contributed by atoms with Gasteiger partial charge >= 0.3 is 0 Å². The van der Waals surface area contributed by atoms with Crippen LogP contribution in [0, 0.1) is 5.41 Å². The monoisotopic (exact) mass is 249 g/mol. The molecule has 3 nitrogen and oxygen atoms in total. The number of nitrogens with one attached hydrogen (secondary N) is 1. The molecule has 0 aliphatic heterocycles. The molecule has 1 aromatic rings. The lowest BCUT2D eigenvalue weighted by Crippen LogP contribution is -2.38. The number of hydrogen-bond acceptors (Lipinski definition) is 3. The van der Waals surface area contributed by atoms with Gasteiger partial charge in [0.2, 0.25) is 0 Å². The second kappa shape index (κ2) is 6.21. The van der Waals surface area contributed by atoms with E-state index < -0.39 is 0 Å². The number of hydrogen-bond donors (Lipinski definition) is 3. The summed E-state index contributed by atoms with van der Waals surface area (Å²) >= 11 is 0. The molecule has 1 aliphatic rings. The van der Waals surface area contributed by atoms with E-state index in [2.05, 4.69) is 5.32 Å². The zero-order chi connectivity index (χ0) is 12.8. The first-order chi connectivity index (χ1) is 8.74. The van der Waals surface area contributed by atoms with Crippen molar-refractivity contribution in [3.63, 3.8) is 0 Å². The lowest BCUT2D eigenvalue weighted by atomic mass is 9.74. The van der Waals surface area contributed by atoms with Crippen LogP contribution in [0.25, 0.3) is 0 Å². The van der Waals surface area contributed by atoms with Crippen molar-refractivity contribution in [3.8, 4) is 5.75 Å². The van der Waals surface area contributed by atoms with Crippen LogP contribution in [0.5, 0.6) is 5.75 Å². The van der Waals surface area contributed by atoms with Crippen LogP contribution in [-0.4, -0.2) is 23.4 Å². The minimum Gasteiger partial charge on any atom is -0.508 e. The number of benzene rings is 1. The third-order valence-corrected chi connectivity index (χ3v) is 4.02. The molecule has 0 radical (unpaired) electrons. The molecule has 0 amide bonds. The molecule has 2 rings (SSSR count). The van der Waals surface area contributed by atoms with Crippen molar-refractivity contribution >= 4 is 0 Å². The summed E-state index contributed by atoms with van der Waals surface area (Å²) in [5.74, 6) is 0.304. The fourth-order valence-corrected chi connectivity index (χ4v) is 2.78. The number of aromatic hydroxyl groups is 1. The molecular weight excluding hydrogens is 226 g/mol. The summed E-state index contributed by atoms with van der Waals surface area (Å²) < 4.78 is 0. The normalized spacial score (nSPS) is 18.7. The van der Waals surface area contributed by atoms with Gasteiger partial charge in [-0.1, -0.05) is 31.4 Å². The van der Waals surface area contributed by atoms with Crippen LogP contribution >= 0.6 is 0 Å². The third kappa shape index (κ3) is 3.47. The van der Waals surface area contributed by atoms with Crippen molar-refractivity contribution in [1.82, 2.24) is 5.32 Å². The molecule has 1 fully saturated rings. The summed E-state index contributed by atoms with van der Waals surface area (Å²) in [6.45, 7) is 1.96. The number of phenols is 1. The summed E-state index contributed by atoms with van der Waals surface area (Å²) in [5, 5.41) is 22.3. The van der Waals surface area contributed by atoms with Gasteiger partial charge in [-0.15, -0.1) is 0 Å². The fraction of sp³-hybridized carbons (Fsp3) is 0.600. The topological polar surface area (TPSA) is 52.5 Å². The van der Waals surface area contributed by atoms with E-state index in [1.54, 1.807) is 12.1 Å². The molecule has 0 atom stereocenters. The number of aliphatic hydroxyl groups excluding tert-OH is 1. The van der Waals surface area contributed by atoms with Gasteiger partial charge in [-0.2, -0.15) is 0 Å². The highest BCUT2D eigenvalue weighted by Crippen LogP contribution is 2.35. The Bertz CT molecular complexity index is 355. The second-order valence-electron chi connectivity index (χ2n) is 5.49. The Kier molecular flexibility index (Phi) is 4.61. The van der Waals surface area contributed by atoms with E-state index in [4.69, 9.17) is 0 Å². The zero-order valence-corrected chi connectivity index (χ0v) is 10.9. The van der Waals surface area contributed by atoms with E-state index in [-0.39, 0.29) is 12.0 Å². The van der Waals surface area contributed by atoms with Gasteiger partial charge in [-0.05, 0) is 30.5 Å². The molecule has 0 saturated heterocycles. The van der Waals surface area contributed by atoms with Gasteiger partial charge in [-0.3, -0.25) is 0 Å². The third-order valence-electron chi connectivity index (χ3n) is 4.02. The number of phenolic OH excluding ortho intramolecular Hbond substituents is 1. The standard InChI is InChI=1S/C15H23NO2/c17-12-15(8-2-1-3-9-15)11-16-10-13-4-6-14(18)7-5-13/h4-7,16-18H,1-3,8-12H2. The van der Waals surface area contributed by atoms with E-state index in [9.17, 15) is 10.2 Å². The van der Waals surface area contributed by atoms with Gasteiger partial charge < -0.3 is 15.5 Å². The average Bonchev–Trinajstić information content (AvgIpc) is 2.42. The van der Waals surface area contributed by atoms with Crippen molar-refractivity contribution in [2.75, 3.05) is 13.2 Å². The molecule has 3 N–H and O–H groups in total. The maximum absolute atomic E-state index is 9.60. The van der Waals surface area contributed by atoms with Crippen LogP contribution in [0.2, 0.25) is 0 Å². The smallest absolute Gasteiger partial charge is 0.115 e. The van der Waals surface area contributed by atoms with Crippen molar-refractivity contribution in [2.45, 2.75) is 38.6 Å². The van der Waals surface area contributed by atoms with Gasteiger partial charge in [0.05, 0.1) is 0 Å². The predicted molar refractivity (Wildman–Crippen MR) is 72.4 cm³/mol. The van der Waals surface area contributed by atoms with E-state index in [0.29, 0.717) is 5.75 Å². The molecule has 0 unspecified atom stereocenters. The Balaban J connectivity index is 1.81. The van der Waals surface area contributed by atoms with Gasteiger partial charge in [0.1, 0.15) is 5.75 Å². The predicted octanol–water partition coefficient (Wildman–Crippen LogP) is 2.42. The van der Waals surface area contributed by atoms with Gasteiger partial charge in [0.15, 0.2) is 0 Å². The lowest BCUT2D eigenvalue weighted by Gasteiger charge is -2.35. The van der Waals surface area contributed by atoms with Crippen LogP contribution in [0.4, 0.5) is 0 Å².